The van der Waals surface area contributed by atoms with Crippen LogP contribution in [0, 0.1) is 0 Å². The molecule has 2 aromatic carbocycles. The highest BCUT2D eigenvalue weighted by atomic mass is 16.5. The number of hydrogen-bond donors (Lipinski definition) is 2. The molecule has 1 aliphatic rings. The summed E-state index contributed by atoms with van der Waals surface area (Å²) >= 11 is 0. The molecule has 4 rings (SSSR count). The van der Waals surface area contributed by atoms with Gasteiger partial charge in [0.15, 0.2) is 0 Å². The summed E-state index contributed by atoms with van der Waals surface area (Å²) in [5, 5.41) is 5.81. The van der Waals surface area contributed by atoms with Crippen LogP contribution in [0.15, 0.2) is 72.9 Å². The van der Waals surface area contributed by atoms with Crippen LogP contribution in [0.5, 0.6) is 5.75 Å². The van der Waals surface area contributed by atoms with E-state index in [9.17, 15) is 4.79 Å². The maximum absolute atomic E-state index is 12.4. The van der Waals surface area contributed by atoms with E-state index >= 15 is 0 Å². The van der Waals surface area contributed by atoms with Crippen LogP contribution in [-0.2, 0) is 17.9 Å². The predicted molar refractivity (Wildman–Crippen MR) is 130 cm³/mol. The van der Waals surface area contributed by atoms with Gasteiger partial charge in [0.1, 0.15) is 18.2 Å². The highest BCUT2D eigenvalue weighted by Gasteiger charge is 2.13. The highest BCUT2D eigenvalue weighted by Crippen LogP contribution is 2.18. The maximum atomic E-state index is 12.4. The van der Waals surface area contributed by atoms with Gasteiger partial charge in [-0.1, -0.05) is 30.3 Å². The molecule has 1 aliphatic heterocycles. The standard InChI is InChI=1S/C26H30N4O3/c31-26(28-19-21-11-12-27-25(18-21)30-13-4-5-14-30)29-23-8-6-7-22(17-23)20-32-15-16-33-24-9-2-1-3-10-24/h1-3,6-12,17-18H,4-5,13-16,19-20H2,(H2,28,29,31). The van der Waals surface area contributed by atoms with E-state index in [1.165, 1.54) is 12.8 Å². The normalized spacial score (nSPS) is 13.0. The second-order valence-electron chi connectivity index (χ2n) is 7.94. The van der Waals surface area contributed by atoms with E-state index in [1.807, 2.05) is 66.7 Å². The Morgan fingerprint density at radius 2 is 1.79 bits per heavy atom. The van der Waals surface area contributed by atoms with Crippen LogP contribution in [-0.4, -0.2) is 37.3 Å². The number of urea groups is 1. The average molecular weight is 447 g/mol. The van der Waals surface area contributed by atoms with Crippen molar-refractivity contribution in [1.82, 2.24) is 10.3 Å². The number of benzene rings is 2. The monoisotopic (exact) mass is 446 g/mol. The average Bonchev–Trinajstić information content (AvgIpc) is 3.39. The van der Waals surface area contributed by atoms with Crippen molar-refractivity contribution in [2.45, 2.75) is 26.0 Å². The lowest BCUT2D eigenvalue weighted by Crippen LogP contribution is -2.28. The molecule has 172 valence electrons. The Kier molecular flexibility index (Phi) is 8.14. The molecule has 2 N–H and O–H groups in total. The molecule has 7 heteroatoms. The fraction of sp³-hybridized carbons (Fsp3) is 0.308. The third kappa shape index (κ3) is 7.22. The first-order chi connectivity index (χ1) is 16.3. The minimum atomic E-state index is -0.246. The molecule has 0 radical (unpaired) electrons. The van der Waals surface area contributed by atoms with Gasteiger partial charge in [0, 0.05) is 31.5 Å². The van der Waals surface area contributed by atoms with Gasteiger partial charge < -0.3 is 25.0 Å². The van der Waals surface area contributed by atoms with E-state index in [2.05, 4.69) is 20.5 Å². The van der Waals surface area contributed by atoms with E-state index in [0.717, 1.165) is 41.5 Å². The summed E-state index contributed by atoms with van der Waals surface area (Å²) in [6, 6.07) is 21.0. The molecule has 1 saturated heterocycles. The Morgan fingerprint density at radius 1 is 0.939 bits per heavy atom. The number of pyridine rings is 1. The van der Waals surface area contributed by atoms with Crippen LogP contribution in [0.25, 0.3) is 0 Å². The molecule has 33 heavy (non-hydrogen) atoms. The summed E-state index contributed by atoms with van der Waals surface area (Å²) in [5.74, 6) is 1.81. The van der Waals surface area contributed by atoms with Crippen molar-refractivity contribution >= 4 is 17.5 Å². The van der Waals surface area contributed by atoms with Gasteiger partial charge in [0.25, 0.3) is 0 Å². The molecule has 0 unspecified atom stereocenters. The Balaban J connectivity index is 1.18. The molecule has 0 spiro atoms. The summed E-state index contributed by atoms with van der Waals surface area (Å²) in [6.45, 7) is 3.96. The number of anilines is 2. The van der Waals surface area contributed by atoms with Gasteiger partial charge in [-0.05, 0) is 60.4 Å². The number of para-hydroxylation sites is 1. The lowest BCUT2D eigenvalue weighted by molar-refractivity contribution is 0.0889. The summed E-state index contributed by atoms with van der Waals surface area (Å²) in [4.78, 5) is 19.1. The number of hydrogen-bond acceptors (Lipinski definition) is 5. The van der Waals surface area contributed by atoms with Crippen molar-refractivity contribution in [2.75, 3.05) is 36.5 Å². The van der Waals surface area contributed by atoms with Gasteiger partial charge in [-0.2, -0.15) is 0 Å². The number of nitrogens with zero attached hydrogens (tertiary/aromatic N) is 2. The molecule has 0 saturated carbocycles. The second kappa shape index (κ2) is 11.9. The van der Waals surface area contributed by atoms with Gasteiger partial charge in [0.2, 0.25) is 0 Å². The van der Waals surface area contributed by atoms with Crippen molar-refractivity contribution in [2.24, 2.45) is 0 Å². The van der Waals surface area contributed by atoms with Gasteiger partial charge in [-0.15, -0.1) is 0 Å². The second-order valence-corrected chi connectivity index (χ2v) is 7.94. The van der Waals surface area contributed by atoms with E-state index < -0.39 is 0 Å². The molecule has 7 nitrogen and oxygen atoms in total. The molecule has 1 aromatic heterocycles. The smallest absolute Gasteiger partial charge is 0.319 e. The van der Waals surface area contributed by atoms with Crippen LogP contribution in [0.3, 0.4) is 0 Å². The highest BCUT2D eigenvalue weighted by molar-refractivity contribution is 5.89. The number of carbonyl (C=O) groups excluding carboxylic acids is 1. The zero-order chi connectivity index (χ0) is 22.7. The number of carbonyl (C=O) groups is 1. The van der Waals surface area contributed by atoms with Crippen LogP contribution in [0.2, 0.25) is 0 Å². The first kappa shape index (κ1) is 22.6. The topological polar surface area (TPSA) is 75.7 Å². The number of nitrogens with one attached hydrogen (secondary N) is 2. The van der Waals surface area contributed by atoms with Crippen LogP contribution in [0.4, 0.5) is 16.3 Å². The summed E-state index contributed by atoms with van der Waals surface area (Å²) in [5.41, 5.74) is 2.74. The predicted octanol–water partition coefficient (Wildman–Crippen LogP) is 4.60. The minimum absolute atomic E-state index is 0.246. The Hall–Kier alpha value is -3.58. The summed E-state index contributed by atoms with van der Waals surface area (Å²) in [6.07, 6.45) is 4.22. The summed E-state index contributed by atoms with van der Waals surface area (Å²) < 4.78 is 11.3. The zero-order valence-corrected chi connectivity index (χ0v) is 18.7. The quantitative estimate of drug-likeness (QED) is 0.445. The van der Waals surface area contributed by atoms with Crippen LogP contribution in [0.1, 0.15) is 24.0 Å². The number of ether oxygens (including phenoxy) is 2. The fourth-order valence-corrected chi connectivity index (χ4v) is 3.71. The lowest BCUT2D eigenvalue weighted by atomic mass is 10.2. The number of rotatable bonds is 10. The fourth-order valence-electron chi connectivity index (χ4n) is 3.71. The maximum Gasteiger partial charge on any atom is 0.319 e. The van der Waals surface area contributed by atoms with Crippen molar-refractivity contribution in [1.29, 1.82) is 0 Å². The van der Waals surface area contributed by atoms with Crippen molar-refractivity contribution < 1.29 is 14.3 Å². The van der Waals surface area contributed by atoms with Crippen molar-refractivity contribution in [3.05, 3.63) is 84.1 Å². The Morgan fingerprint density at radius 3 is 2.64 bits per heavy atom. The van der Waals surface area contributed by atoms with Crippen molar-refractivity contribution in [3.63, 3.8) is 0 Å². The SMILES string of the molecule is O=C(NCc1ccnc(N2CCCC2)c1)Nc1cccc(COCCOc2ccccc2)c1. The van der Waals surface area contributed by atoms with Gasteiger partial charge >= 0.3 is 6.03 Å². The number of aromatic nitrogens is 1. The molecule has 0 aliphatic carbocycles. The van der Waals surface area contributed by atoms with E-state index in [-0.39, 0.29) is 6.03 Å². The first-order valence-electron chi connectivity index (χ1n) is 11.4. The minimum Gasteiger partial charge on any atom is -0.491 e. The molecular formula is C26H30N4O3. The first-order valence-corrected chi connectivity index (χ1v) is 11.4. The van der Waals surface area contributed by atoms with Gasteiger partial charge in [-0.3, -0.25) is 0 Å². The van der Waals surface area contributed by atoms with Gasteiger partial charge in [-0.25, -0.2) is 9.78 Å². The third-order valence-electron chi connectivity index (χ3n) is 5.39. The Bertz CT molecular complexity index is 1020. The molecule has 3 aromatic rings. The van der Waals surface area contributed by atoms with E-state index in [1.54, 1.807) is 6.20 Å². The summed E-state index contributed by atoms with van der Waals surface area (Å²) in [7, 11) is 0. The molecule has 0 atom stereocenters. The molecule has 1 fully saturated rings. The van der Waals surface area contributed by atoms with Crippen LogP contribution < -0.4 is 20.3 Å². The van der Waals surface area contributed by atoms with E-state index in [0.29, 0.717) is 26.4 Å². The number of amides is 2. The molecule has 2 heterocycles. The zero-order valence-electron chi connectivity index (χ0n) is 18.7. The molecule has 2 amide bonds. The third-order valence-corrected chi connectivity index (χ3v) is 5.39. The van der Waals surface area contributed by atoms with Crippen molar-refractivity contribution in [3.8, 4) is 5.75 Å². The van der Waals surface area contributed by atoms with Gasteiger partial charge in [0.05, 0.1) is 13.2 Å². The van der Waals surface area contributed by atoms with Crippen LogP contribution >= 0.6 is 0 Å². The largest absolute Gasteiger partial charge is 0.491 e. The molecular weight excluding hydrogens is 416 g/mol. The lowest BCUT2D eigenvalue weighted by Gasteiger charge is -2.17. The van der Waals surface area contributed by atoms with E-state index in [4.69, 9.17) is 9.47 Å². The Labute approximate surface area is 194 Å². The molecule has 0 bridgehead atoms.